The zero-order valence-electron chi connectivity index (χ0n) is 12.7. The zero-order chi connectivity index (χ0) is 15.0. The summed E-state index contributed by atoms with van der Waals surface area (Å²) in [5, 5.41) is 6.02. The molecule has 0 aliphatic heterocycles. The standard InChI is InChI=1S/C15H23F2N3.HI/c1-4-18-15(20-10-14(16)17)19-6-5-13-8-11(2)7-12(3)9-13;/h7-9,14H,4-6,10H2,1-3H3,(H2,18,19,20);1H. The largest absolute Gasteiger partial charge is 0.357 e. The lowest BCUT2D eigenvalue weighted by molar-refractivity contribution is 0.158. The van der Waals surface area contributed by atoms with Crippen LogP contribution in [0.2, 0.25) is 0 Å². The third kappa shape index (κ3) is 8.85. The first kappa shape index (κ1) is 20.1. The predicted octanol–water partition coefficient (Wildman–Crippen LogP) is 3.28. The fraction of sp³-hybridized carbons (Fsp3) is 0.533. The highest BCUT2D eigenvalue weighted by Gasteiger charge is 2.03. The van der Waals surface area contributed by atoms with E-state index in [9.17, 15) is 8.78 Å². The van der Waals surface area contributed by atoms with Gasteiger partial charge in [0.1, 0.15) is 6.54 Å². The molecule has 1 aromatic carbocycles. The number of aliphatic imine (C=N–C) groups is 1. The van der Waals surface area contributed by atoms with Crippen molar-refractivity contribution in [2.24, 2.45) is 4.99 Å². The van der Waals surface area contributed by atoms with Gasteiger partial charge >= 0.3 is 0 Å². The minimum absolute atomic E-state index is 0. The lowest BCUT2D eigenvalue weighted by Gasteiger charge is -2.11. The van der Waals surface area contributed by atoms with Crippen LogP contribution in [-0.2, 0) is 6.42 Å². The molecule has 0 aliphatic carbocycles. The normalized spacial score (nSPS) is 11.2. The first-order valence-corrected chi connectivity index (χ1v) is 6.88. The Labute approximate surface area is 142 Å². The molecule has 0 saturated heterocycles. The van der Waals surface area contributed by atoms with E-state index in [1.807, 2.05) is 6.92 Å². The van der Waals surface area contributed by atoms with Gasteiger partial charge < -0.3 is 10.6 Å². The third-order valence-electron chi connectivity index (χ3n) is 2.72. The fourth-order valence-corrected chi connectivity index (χ4v) is 2.04. The van der Waals surface area contributed by atoms with Crippen LogP contribution in [0.1, 0.15) is 23.6 Å². The molecule has 0 heterocycles. The van der Waals surface area contributed by atoms with Crippen LogP contribution in [-0.4, -0.2) is 32.0 Å². The first-order chi connectivity index (χ1) is 9.51. The summed E-state index contributed by atoms with van der Waals surface area (Å²) < 4.78 is 24.3. The van der Waals surface area contributed by atoms with E-state index in [1.165, 1.54) is 16.7 Å². The topological polar surface area (TPSA) is 36.4 Å². The van der Waals surface area contributed by atoms with Gasteiger partial charge in [-0.1, -0.05) is 29.3 Å². The zero-order valence-corrected chi connectivity index (χ0v) is 15.1. The van der Waals surface area contributed by atoms with Crippen LogP contribution in [0.15, 0.2) is 23.2 Å². The van der Waals surface area contributed by atoms with E-state index in [0.717, 1.165) is 6.42 Å². The summed E-state index contributed by atoms with van der Waals surface area (Å²) in [5.41, 5.74) is 3.70. The molecule has 0 fully saturated rings. The smallest absolute Gasteiger partial charge is 0.257 e. The highest BCUT2D eigenvalue weighted by atomic mass is 127. The molecule has 0 atom stereocenters. The Kier molecular flexibility index (Phi) is 10.3. The highest BCUT2D eigenvalue weighted by Crippen LogP contribution is 2.08. The molecule has 1 aromatic rings. The summed E-state index contributed by atoms with van der Waals surface area (Å²) in [4.78, 5) is 3.82. The van der Waals surface area contributed by atoms with Crippen molar-refractivity contribution in [3.8, 4) is 0 Å². The van der Waals surface area contributed by atoms with Crippen LogP contribution in [0, 0.1) is 13.8 Å². The van der Waals surface area contributed by atoms with Gasteiger partial charge in [0, 0.05) is 13.1 Å². The minimum atomic E-state index is -2.41. The molecule has 0 aliphatic rings. The van der Waals surface area contributed by atoms with Crippen molar-refractivity contribution < 1.29 is 8.78 Å². The quantitative estimate of drug-likeness (QED) is 0.428. The van der Waals surface area contributed by atoms with Crippen molar-refractivity contribution in [1.29, 1.82) is 0 Å². The van der Waals surface area contributed by atoms with E-state index in [2.05, 4.69) is 47.7 Å². The first-order valence-electron chi connectivity index (χ1n) is 6.88. The molecule has 6 heteroatoms. The Morgan fingerprint density at radius 3 is 2.29 bits per heavy atom. The second-order valence-corrected chi connectivity index (χ2v) is 4.78. The molecule has 0 unspecified atom stereocenters. The van der Waals surface area contributed by atoms with Gasteiger partial charge in [0.05, 0.1) is 0 Å². The monoisotopic (exact) mass is 411 g/mol. The average molecular weight is 411 g/mol. The average Bonchev–Trinajstić information content (AvgIpc) is 2.34. The van der Waals surface area contributed by atoms with Crippen molar-refractivity contribution in [1.82, 2.24) is 10.6 Å². The fourth-order valence-electron chi connectivity index (χ4n) is 2.04. The summed E-state index contributed by atoms with van der Waals surface area (Å²) in [7, 11) is 0. The highest BCUT2D eigenvalue weighted by molar-refractivity contribution is 14.0. The summed E-state index contributed by atoms with van der Waals surface area (Å²) in [6, 6.07) is 6.40. The van der Waals surface area contributed by atoms with E-state index in [0.29, 0.717) is 19.0 Å². The lowest BCUT2D eigenvalue weighted by Crippen LogP contribution is -2.38. The van der Waals surface area contributed by atoms with Gasteiger partial charge in [-0.3, -0.25) is 0 Å². The van der Waals surface area contributed by atoms with Gasteiger partial charge in [-0.25, -0.2) is 13.8 Å². The number of hydrogen-bond acceptors (Lipinski definition) is 1. The van der Waals surface area contributed by atoms with E-state index in [-0.39, 0.29) is 24.0 Å². The van der Waals surface area contributed by atoms with Crippen LogP contribution in [0.25, 0.3) is 0 Å². The van der Waals surface area contributed by atoms with Gasteiger partial charge in [0.25, 0.3) is 6.43 Å². The van der Waals surface area contributed by atoms with Crippen LogP contribution in [0.5, 0.6) is 0 Å². The maximum atomic E-state index is 12.1. The molecule has 0 aromatic heterocycles. The number of nitrogens with zero attached hydrogens (tertiary/aromatic N) is 1. The van der Waals surface area contributed by atoms with Gasteiger partial charge in [-0.05, 0) is 32.8 Å². The van der Waals surface area contributed by atoms with E-state index in [1.54, 1.807) is 0 Å². The summed E-state index contributed by atoms with van der Waals surface area (Å²) in [6.45, 7) is 6.88. The number of alkyl halides is 2. The number of halogens is 3. The van der Waals surface area contributed by atoms with Crippen LogP contribution in [0.4, 0.5) is 8.78 Å². The van der Waals surface area contributed by atoms with Crippen molar-refractivity contribution in [2.45, 2.75) is 33.6 Å². The predicted molar refractivity (Wildman–Crippen MR) is 95.0 cm³/mol. The van der Waals surface area contributed by atoms with E-state index < -0.39 is 13.0 Å². The molecule has 3 nitrogen and oxygen atoms in total. The molecule has 2 N–H and O–H groups in total. The summed E-state index contributed by atoms with van der Waals surface area (Å²) in [5.74, 6) is 0.442. The minimum Gasteiger partial charge on any atom is -0.357 e. The molecular weight excluding hydrogens is 387 g/mol. The number of rotatable bonds is 6. The summed E-state index contributed by atoms with van der Waals surface area (Å²) in [6.07, 6.45) is -1.58. The Hall–Kier alpha value is -0.920. The Bertz CT molecular complexity index is 430. The van der Waals surface area contributed by atoms with Gasteiger partial charge in [0.15, 0.2) is 5.96 Å². The van der Waals surface area contributed by atoms with Gasteiger partial charge in [0.2, 0.25) is 0 Å². The maximum absolute atomic E-state index is 12.1. The molecule has 120 valence electrons. The number of guanidine groups is 1. The molecule has 1 rings (SSSR count). The Balaban J connectivity index is 0.00000400. The second-order valence-electron chi connectivity index (χ2n) is 4.78. The van der Waals surface area contributed by atoms with Crippen molar-refractivity contribution >= 4 is 29.9 Å². The van der Waals surface area contributed by atoms with Gasteiger partial charge in [-0.2, -0.15) is 0 Å². The molecule has 0 saturated carbocycles. The number of nitrogens with one attached hydrogen (secondary N) is 2. The molecule has 0 radical (unpaired) electrons. The van der Waals surface area contributed by atoms with Crippen LogP contribution < -0.4 is 10.6 Å². The maximum Gasteiger partial charge on any atom is 0.257 e. The Morgan fingerprint density at radius 2 is 1.76 bits per heavy atom. The van der Waals surface area contributed by atoms with Crippen LogP contribution >= 0.6 is 24.0 Å². The molecule has 0 amide bonds. The molecular formula is C15H24F2IN3. The number of aryl methyl sites for hydroxylation is 2. The van der Waals surface area contributed by atoms with Crippen LogP contribution in [0.3, 0.4) is 0 Å². The summed E-state index contributed by atoms with van der Waals surface area (Å²) >= 11 is 0. The lowest BCUT2D eigenvalue weighted by atomic mass is 10.1. The molecule has 21 heavy (non-hydrogen) atoms. The second kappa shape index (κ2) is 10.8. The number of hydrogen-bond donors (Lipinski definition) is 2. The van der Waals surface area contributed by atoms with E-state index in [4.69, 9.17) is 0 Å². The van der Waals surface area contributed by atoms with Crippen molar-refractivity contribution in [3.63, 3.8) is 0 Å². The SMILES string of the molecule is CCNC(=NCC(F)F)NCCc1cc(C)cc(C)c1.I. The number of benzene rings is 1. The third-order valence-corrected chi connectivity index (χ3v) is 2.72. The molecule has 0 spiro atoms. The Morgan fingerprint density at radius 1 is 1.14 bits per heavy atom. The van der Waals surface area contributed by atoms with Crippen molar-refractivity contribution in [3.05, 3.63) is 34.9 Å². The van der Waals surface area contributed by atoms with Gasteiger partial charge in [-0.15, -0.1) is 24.0 Å². The van der Waals surface area contributed by atoms with Crippen molar-refractivity contribution in [2.75, 3.05) is 19.6 Å². The van der Waals surface area contributed by atoms with E-state index >= 15 is 0 Å². The molecule has 0 bridgehead atoms.